The van der Waals surface area contributed by atoms with E-state index in [9.17, 15) is 22.0 Å². The number of nitrogens with one attached hydrogen (secondary N) is 1. The molecule has 0 atom stereocenters. The molecule has 0 unspecified atom stereocenters. The molecule has 1 aromatic heterocycles. The van der Waals surface area contributed by atoms with Gasteiger partial charge in [0, 0.05) is 6.07 Å². The number of alkyl halides is 2. The van der Waals surface area contributed by atoms with Crippen molar-refractivity contribution < 1.29 is 21.9 Å². The largest absolute Gasteiger partial charge is 0.482 e. The SMILES string of the molecule is COc1[nH]c(=O)cc(S(N)(=O)=O)c1C(F)F. The summed E-state index contributed by atoms with van der Waals surface area (Å²) in [5, 5.41) is 4.72. The molecule has 0 bridgehead atoms. The van der Waals surface area contributed by atoms with Crippen molar-refractivity contribution in [2.24, 2.45) is 5.14 Å². The molecule has 0 aliphatic rings. The van der Waals surface area contributed by atoms with E-state index in [4.69, 9.17) is 5.14 Å². The highest BCUT2D eigenvalue weighted by Crippen LogP contribution is 2.31. The summed E-state index contributed by atoms with van der Waals surface area (Å²) in [6.45, 7) is 0. The molecule has 16 heavy (non-hydrogen) atoms. The second-order valence-electron chi connectivity index (χ2n) is 2.79. The number of hydrogen-bond donors (Lipinski definition) is 2. The molecule has 1 rings (SSSR count). The number of sulfonamides is 1. The second-order valence-corrected chi connectivity index (χ2v) is 4.32. The fraction of sp³-hybridized carbons (Fsp3) is 0.286. The Morgan fingerprint density at radius 1 is 1.50 bits per heavy atom. The van der Waals surface area contributed by atoms with E-state index in [2.05, 4.69) is 4.74 Å². The van der Waals surface area contributed by atoms with Crippen LogP contribution in [0.2, 0.25) is 0 Å². The number of pyridine rings is 1. The van der Waals surface area contributed by atoms with Gasteiger partial charge in [-0.2, -0.15) is 0 Å². The lowest BCUT2D eigenvalue weighted by Gasteiger charge is -2.10. The molecular weight excluding hydrogens is 246 g/mol. The standard InChI is InChI=1S/C7H8F2N2O4S/c1-15-7-5(6(8)9)3(16(10,13)14)2-4(12)11-7/h2,6H,1H3,(H,11,12)(H2,10,13,14). The van der Waals surface area contributed by atoms with Crippen molar-refractivity contribution in [2.75, 3.05) is 7.11 Å². The zero-order chi connectivity index (χ0) is 12.5. The normalized spacial score (nSPS) is 11.8. The molecule has 0 spiro atoms. The van der Waals surface area contributed by atoms with Gasteiger partial charge in [0.1, 0.15) is 4.90 Å². The lowest BCUT2D eigenvalue weighted by atomic mass is 10.3. The van der Waals surface area contributed by atoms with E-state index in [0.717, 1.165) is 7.11 Å². The molecule has 0 fully saturated rings. The summed E-state index contributed by atoms with van der Waals surface area (Å²) in [5.74, 6) is -0.619. The number of halogens is 2. The van der Waals surface area contributed by atoms with Crippen LogP contribution < -0.4 is 15.4 Å². The third kappa shape index (κ3) is 2.36. The Bertz CT molecular complexity index is 552. The highest BCUT2D eigenvalue weighted by molar-refractivity contribution is 7.89. The molecule has 1 aromatic rings. The first-order valence-electron chi connectivity index (χ1n) is 3.89. The maximum atomic E-state index is 12.6. The van der Waals surface area contributed by atoms with Gasteiger partial charge in [0.05, 0.1) is 12.7 Å². The van der Waals surface area contributed by atoms with Crippen LogP contribution in [0, 0.1) is 0 Å². The Morgan fingerprint density at radius 3 is 2.44 bits per heavy atom. The van der Waals surface area contributed by atoms with Crippen LogP contribution in [-0.2, 0) is 10.0 Å². The van der Waals surface area contributed by atoms with Crippen molar-refractivity contribution in [1.82, 2.24) is 4.98 Å². The Kier molecular flexibility index (Phi) is 3.29. The molecule has 3 N–H and O–H groups in total. The minimum absolute atomic E-state index is 0.485. The van der Waals surface area contributed by atoms with Gasteiger partial charge < -0.3 is 4.74 Å². The molecule has 0 saturated heterocycles. The summed E-state index contributed by atoms with van der Waals surface area (Å²) in [7, 11) is -3.40. The summed E-state index contributed by atoms with van der Waals surface area (Å²) < 4.78 is 51.7. The quantitative estimate of drug-likeness (QED) is 0.790. The lowest BCUT2D eigenvalue weighted by Crippen LogP contribution is -2.20. The average Bonchev–Trinajstić information content (AvgIpc) is 2.14. The van der Waals surface area contributed by atoms with Crippen molar-refractivity contribution in [1.29, 1.82) is 0 Å². The molecule has 1 heterocycles. The van der Waals surface area contributed by atoms with Crippen molar-refractivity contribution in [3.63, 3.8) is 0 Å². The highest BCUT2D eigenvalue weighted by atomic mass is 32.2. The smallest absolute Gasteiger partial charge is 0.270 e. The van der Waals surface area contributed by atoms with Gasteiger partial charge >= 0.3 is 0 Å². The lowest BCUT2D eigenvalue weighted by molar-refractivity contribution is 0.142. The number of aromatic amines is 1. The molecule has 0 saturated carbocycles. The van der Waals surface area contributed by atoms with Gasteiger partial charge in [0.25, 0.3) is 12.0 Å². The number of primary sulfonamides is 1. The minimum Gasteiger partial charge on any atom is -0.482 e. The molecule has 90 valence electrons. The number of rotatable bonds is 3. The van der Waals surface area contributed by atoms with E-state index in [1.807, 2.05) is 4.98 Å². The number of ether oxygens (including phenoxy) is 1. The third-order valence-corrected chi connectivity index (χ3v) is 2.69. The van der Waals surface area contributed by atoms with E-state index >= 15 is 0 Å². The average molecular weight is 254 g/mol. The van der Waals surface area contributed by atoms with Gasteiger partial charge in [-0.1, -0.05) is 0 Å². The maximum Gasteiger partial charge on any atom is 0.270 e. The molecule has 0 aromatic carbocycles. The van der Waals surface area contributed by atoms with E-state index in [0.29, 0.717) is 6.07 Å². The van der Waals surface area contributed by atoms with Crippen LogP contribution >= 0.6 is 0 Å². The second kappa shape index (κ2) is 4.18. The predicted molar refractivity (Wildman–Crippen MR) is 49.9 cm³/mol. The van der Waals surface area contributed by atoms with E-state index in [-0.39, 0.29) is 0 Å². The maximum absolute atomic E-state index is 12.6. The third-order valence-electron chi connectivity index (χ3n) is 1.74. The zero-order valence-corrected chi connectivity index (χ0v) is 8.85. The van der Waals surface area contributed by atoms with Gasteiger partial charge in [0.2, 0.25) is 15.9 Å². The van der Waals surface area contributed by atoms with Crippen molar-refractivity contribution >= 4 is 10.0 Å². The summed E-state index contributed by atoms with van der Waals surface area (Å²) in [6, 6.07) is 0.485. The van der Waals surface area contributed by atoms with Gasteiger partial charge in [-0.05, 0) is 0 Å². The highest BCUT2D eigenvalue weighted by Gasteiger charge is 2.26. The molecule has 0 radical (unpaired) electrons. The molecule has 9 heteroatoms. The molecule has 0 aliphatic heterocycles. The summed E-state index contributed by atoms with van der Waals surface area (Å²) in [5.41, 5.74) is -1.85. The number of nitrogens with two attached hydrogens (primary N) is 1. The Labute approximate surface area is 89.1 Å². The summed E-state index contributed by atoms with van der Waals surface area (Å²) in [6.07, 6.45) is -3.14. The monoisotopic (exact) mass is 254 g/mol. The van der Waals surface area contributed by atoms with Crippen molar-refractivity contribution in [3.05, 3.63) is 22.0 Å². The van der Waals surface area contributed by atoms with Gasteiger partial charge in [-0.3, -0.25) is 9.78 Å². The van der Waals surface area contributed by atoms with E-state index in [1.165, 1.54) is 0 Å². The first-order chi connectivity index (χ1) is 7.27. The van der Waals surface area contributed by atoms with E-state index in [1.54, 1.807) is 0 Å². The predicted octanol–water partition coefficient (Wildman–Crippen LogP) is -0.0315. The number of H-pyrrole nitrogens is 1. The van der Waals surface area contributed by atoms with Crippen LogP contribution in [0.5, 0.6) is 5.88 Å². The van der Waals surface area contributed by atoms with Gasteiger partial charge in [-0.25, -0.2) is 22.3 Å². The minimum atomic E-state index is -4.41. The van der Waals surface area contributed by atoms with Crippen molar-refractivity contribution in [2.45, 2.75) is 11.3 Å². The Balaban J connectivity index is 3.71. The Hall–Kier alpha value is -1.48. The number of hydrogen-bond acceptors (Lipinski definition) is 4. The van der Waals surface area contributed by atoms with E-state index < -0.39 is 38.3 Å². The fourth-order valence-corrected chi connectivity index (χ4v) is 1.89. The van der Waals surface area contributed by atoms with Gasteiger partial charge in [-0.15, -0.1) is 0 Å². The fourth-order valence-electron chi connectivity index (χ4n) is 1.13. The first-order valence-corrected chi connectivity index (χ1v) is 5.44. The van der Waals surface area contributed by atoms with Crippen LogP contribution in [0.4, 0.5) is 8.78 Å². The molecular formula is C7H8F2N2O4S. The Morgan fingerprint density at radius 2 is 2.06 bits per heavy atom. The van der Waals surface area contributed by atoms with Crippen LogP contribution in [0.3, 0.4) is 0 Å². The number of aromatic nitrogens is 1. The van der Waals surface area contributed by atoms with Crippen LogP contribution in [-0.4, -0.2) is 20.5 Å². The summed E-state index contributed by atoms with van der Waals surface area (Å²) in [4.78, 5) is 12.0. The summed E-state index contributed by atoms with van der Waals surface area (Å²) >= 11 is 0. The van der Waals surface area contributed by atoms with Crippen LogP contribution in [0.15, 0.2) is 15.8 Å². The topological polar surface area (TPSA) is 102 Å². The number of methoxy groups -OCH3 is 1. The molecule has 0 aliphatic carbocycles. The van der Waals surface area contributed by atoms with Crippen LogP contribution in [0.25, 0.3) is 0 Å². The molecule has 6 nitrogen and oxygen atoms in total. The van der Waals surface area contributed by atoms with Crippen LogP contribution in [0.1, 0.15) is 12.0 Å². The zero-order valence-electron chi connectivity index (χ0n) is 8.03. The van der Waals surface area contributed by atoms with Crippen molar-refractivity contribution in [3.8, 4) is 5.88 Å². The molecule has 0 amide bonds. The first kappa shape index (κ1) is 12.6. The van der Waals surface area contributed by atoms with Gasteiger partial charge in [0.15, 0.2) is 0 Å².